The van der Waals surface area contributed by atoms with E-state index in [0.29, 0.717) is 11.1 Å². The zero-order valence-electron chi connectivity index (χ0n) is 12.0. The number of anilines is 1. The second-order valence-electron chi connectivity index (χ2n) is 4.89. The Morgan fingerprint density at radius 1 is 1.24 bits per heavy atom. The highest BCUT2D eigenvalue weighted by molar-refractivity contribution is 5.94. The van der Waals surface area contributed by atoms with Gasteiger partial charge in [-0.3, -0.25) is 20.4 Å². The van der Waals surface area contributed by atoms with Crippen LogP contribution in [0.25, 0.3) is 0 Å². The predicted molar refractivity (Wildman–Crippen MR) is 78.6 cm³/mol. The molecule has 21 heavy (non-hydrogen) atoms. The highest BCUT2D eigenvalue weighted by Crippen LogP contribution is 2.14. The van der Waals surface area contributed by atoms with Gasteiger partial charge in [-0.2, -0.15) is 0 Å². The molecular formula is C15H16FN3O2. The smallest absolute Gasteiger partial charge is 0.271 e. The van der Waals surface area contributed by atoms with E-state index in [1.54, 1.807) is 27.0 Å². The van der Waals surface area contributed by atoms with E-state index < -0.39 is 11.7 Å². The summed E-state index contributed by atoms with van der Waals surface area (Å²) in [6.45, 7) is 3.41. The molecule has 110 valence electrons. The molecule has 0 unspecified atom stereocenters. The number of hydrazine groups is 1. The van der Waals surface area contributed by atoms with Crippen molar-refractivity contribution in [2.24, 2.45) is 7.05 Å². The maximum absolute atomic E-state index is 13.6. The molecule has 1 amide bonds. The van der Waals surface area contributed by atoms with Crippen LogP contribution < -0.4 is 16.4 Å². The second-order valence-corrected chi connectivity index (χ2v) is 4.89. The Kier molecular flexibility index (Phi) is 4.07. The Hall–Kier alpha value is -2.63. The van der Waals surface area contributed by atoms with Gasteiger partial charge in [0.25, 0.3) is 11.5 Å². The molecule has 0 aliphatic carbocycles. The molecule has 0 atom stereocenters. The highest BCUT2D eigenvalue weighted by atomic mass is 19.1. The van der Waals surface area contributed by atoms with E-state index in [9.17, 15) is 14.0 Å². The molecule has 0 bridgehead atoms. The van der Waals surface area contributed by atoms with Crippen molar-refractivity contribution in [1.82, 2.24) is 9.99 Å². The fourth-order valence-corrected chi connectivity index (χ4v) is 1.92. The van der Waals surface area contributed by atoms with E-state index in [4.69, 9.17) is 0 Å². The monoisotopic (exact) mass is 289 g/mol. The molecule has 0 fully saturated rings. The summed E-state index contributed by atoms with van der Waals surface area (Å²) in [6, 6.07) is 6.13. The third-order valence-electron chi connectivity index (χ3n) is 3.06. The van der Waals surface area contributed by atoms with Crippen LogP contribution in [0, 0.1) is 19.7 Å². The summed E-state index contributed by atoms with van der Waals surface area (Å²) in [7, 11) is 1.57. The number of benzene rings is 1. The maximum Gasteiger partial charge on any atom is 0.271 e. The topological polar surface area (TPSA) is 63.1 Å². The number of aryl methyl sites for hydroxylation is 3. The number of hydrogen-bond donors (Lipinski definition) is 2. The Labute approximate surface area is 121 Å². The highest BCUT2D eigenvalue weighted by Gasteiger charge is 2.09. The number of rotatable bonds is 3. The van der Waals surface area contributed by atoms with Gasteiger partial charge in [-0.1, -0.05) is 6.07 Å². The van der Waals surface area contributed by atoms with Crippen LogP contribution in [0.5, 0.6) is 0 Å². The normalized spacial score (nSPS) is 10.3. The first-order valence-electron chi connectivity index (χ1n) is 6.38. The van der Waals surface area contributed by atoms with Gasteiger partial charge in [0, 0.05) is 18.8 Å². The van der Waals surface area contributed by atoms with Gasteiger partial charge in [0.2, 0.25) is 0 Å². The average Bonchev–Trinajstić information content (AvgIpc) is 2.43. The van der Waals surface area contributed by atoms with Crippen LogP contribution in [-0.4, -0.2) is 10.5 Å². The van der Waals surface area contributed by atoms with E-state index in [0.717, 1.165) is 5.56 Å². The Balaban J connectivity index is 2.13. The molecular weight excluding hydrogens is 273 g/mol. The fraction of sp³-hybridized carbons (Fsp3) is 0.200. The molecule has 6 heteroatoms. The molecule has 0 aliphatic rings. The molecule has 1 aromatic carbocycles. The minimum absolute atomic E-state index is 0.163. The van der Waals surface area contributed by atoms with Crippen LogP contribution in [0.1, 0.15) is 21.5 Å². The summed E-state index contributed by atoms with van der Waals surface area (Å²) >= 11 is 0. The molecule has 1 heterocycles. The van der Waals surface area contributed by atoms with Gasteiger partial charge < -0.3 is 4.57 Å². The third-order valence-corrected chi connectivity index (χ3v) is 3.06. The standard InChI is InChI=1S/C15H16FN3O2/c1-9-4-5-13(12(16)6-9)17-18-14(20)11-7-10(2)15(21)19(3)8-11/h4-8,17H,1-3H3,(H,18,20). The predicted octanol–water partition coefficient (Wildman–Crippen LogP) is 1.90. The molecule has 0 saturated heterocycles. The van der Waals surface area contributed by atoms with E-state index in [2.05, 4.69) is 10.9 Å². The third kappa shape index (κ3) is 3.28. The number of carbonyl (C=O) groups excluding carboxylic acids is 1. The summed E-state index contributed by atoms with van der Waals surface area (Å²) in [4.78, 5) is 23.6. The van der Waals surface area contributed by atoms with Crippen LogP contribution in [0.3, 0.4) is 0 Å². The maximum atomic E-state index is 13.6. The van der Waals surface area contributed by atoms with Crippen LogP contribution in [0.2, 0.25) is 0 Å². The van der Waals surface area contributed by atoms with Crippen molar-refractivity contribution in [2.45, 2.75) is 13.8 Å². The first-order chi connectivity index (χ1) is 9.88. The first-order valence-corrected chi connectivity index (χ1v) is 6.38. The minimum Gasteiger partial charge on any atom is -0.318 e. The molecule has 0 radical (unpaired) electrons. The van der Waals surface area contributed by atoms with Gasteiger partial charge in [0.15, 0.2) is 0 Å². The van der Waals surface area contributed by atoms with E-state index >= 15 is 0 Å². The number of carbonyl (C=O) groups is 1. The molecule has 0 spiro atoms. The zero-order chi connectivity index (χ0) is 15.6. The van der Waals surface area contributed by atoms with Crippen molar-refractivity contribution in [2.75, 3.05) is 5.43 Å². The molecule has 2 N–H and O–H groups in total. The summed E-state index contributed by atoms with van der Waals surface area (Å²) in [6.07, 6.45) is 1.43. The van der Waals surface area contributed by atoms with E-state index in [1.807, 2.05) is 0 Å². The van der Waals surface area contributed by atoms with Gasteiger partial charge in [-0.05, 0) is 37.6 Å². The second kappa shape index (κ2) is 5.78. The molecule has 0 saturated carbocycles. The Morgan fingerprint density at radius 2 is 1.95 bits per heavy atom. The molecule has 2 rings (SSSR count). The quantitative estimate of drug-likeness (QED) is 0.848. The summed E-state index contributed by atoms with van der Waals surface area (Å²) in [5.74, 6) is -0.902. The van der Waals surface area contributed by atoms with Gasteiger partial charge in [-0.25, -0.2) is 4.39 Å². The van der Waals surface area contributed by atoms with Gasteiger partial charge in [0.05, 0.1) is 11.3 Å². The first kappa shape index (κ1) is 14.8. The van der Waals surface area contributed by atoms with Crippen LogP contribution in [-0.2, 0) is 7.05 Å². The number of pyridine rings is 1. The molecule has 5 nitrogen and oxygen atoms in total. The Bertz CT molecular complexity index is 727. The fourth-order valence-electron chi connectivity index (χ4n) is 1.92. The van der Waals surface area contributed by atoms with Crippen molar-refractivity contribution in [3.05, 3.63) is 63.3 Å². The van der Waals surface area contributed by atoms with Crippen LogP contribution >= 0.6 is 0 Å². The minimum atomic E-state index is -0.452. The van der Waals surface area contributed by atoms with Gasteiger partial charge in [-0.15, -0.1) is 0 Å². The van der Waals surface area contributed by atoms with Crippen molar-refractivity contribution in [3.8, 4) is 0 Å². The summed E-state index contributed by atoms with van der Waals surface area (Å²) in [5.41, 5.74) is 6.52. The molecule has 0 aliphatic heterocycles. The van der Waals surface area contributed by atoms with E-state index in [-0.39, 0.29) is 11.2 Å². The van der Waals surface area contributed by atoms with Crippen LogP contribution in [0.4, 0.5) is 10.1 Å². The Morgan fingerprint density at radius 3 is 2.57 bits per heavy atom. The number of amides is 1. The zero-order valence-corrected chi connectivity index (χ0v) is 12.0. The van der Waals surface area contributed by atoms with Crippen molar-refractivity contribution in [1.29, 1.82) is 0 Å². The van der Waals surface area contributed by atoms with Gasteiger partial charge in [0.1, 0.15) is 5.82 Å². The SMILES string of the molecule is Cc1ccc(NNC(=O)c2cc(C)c(=O)n(C)c2)c(F)c1. The van der Waals surface area contributed by atoms with Crippen molar-refractivity contribution in [3.63, 3.8) is 0 Å². The summed E-state index contributed by atoms with van der Waals surface area (Å²) in [5, 5.41) is 0. The van der Waals surface area contributed by atoms with Crippen molar-refractivity contribution >= 4 is 11.6 Å². The largest absolute Gasteiger partial charge is 0.318 e. The molecule has 1 aromatic heterocycles. The lowest BCUT2D eigenvalue weighted by Gasteiger charge is -2.11. The van der Waals surface area contributed by atoms with Crippen molar-refractivity contribution < 1.29 is 9.18 Å². The number of aromatic nitrogens is 1. The number of nitrogens with zero attached hydrogens (tertiary/aromatic N) is 1. The number of hydrogen-bond acceptors (Lipinski definition) is 3. The van der Waals surface area contributed by atoms with Crippen LogP contribution in [0.15, 0.2) is 35.3 Å². The lowest BCUT2D eigenvalue weighted by atomic mass is 10.2. The van der Waals surface area contributed by atoms with Gasteiger partial charge >= 0.3 is 0 Å². The number of halogens is 1. The lowest BCUT2D eigenvalue weighted by Crippen LogP contribution is -2.31. The van der Waals surface area contributed by atoms with E-state index in [1.165, 1.54) is 29.0 Å². The average molecular weight is 289 g/mol. The number of nitrogens with one attached hydrogen (secondary N) is 2. The summed E-state index contributed by atoms with van der Waals surface area (Å²) < 4.78 is 15.0. The molecule has 2 aromatic rings. The lowest BCUT2D eigenvalue weighted by molar-refractivity contribution is 0.0961.